The number of hydrogen-bond donors (Lipinski definition) is 1. The van der Waals surface area contributed by atoms with Gasteiger partial charge >= 0.3 is 0 Å². The van der Waals surface area contributed by atoms with Gasteiger partial charge in [0.05, 0.1) is 12.2 Å². The summed E-state index contributed by atoms with van der Waals surface area (Å²) in [6, 6.07) is 16.8. The molecule has 0 aliphatic carbocycles. The molecular formula is C19H14Cl3N3. The molecule has 1 heterocycles. The van der Waals surface area contributed by atoms with Crippen LogP contribution in [0.5, 0.6) is 0 Å². The predicted octanol–water partition coefficient (Wildman–Crippen LogP) is 5.54. The minimum Gasteiger partial charge on any atom is -0.397 e. The van der Waals surface area contributed by atoms with Crippen molar-refractivity contribution >= 4 is 40.5 Å². The molecular weight excluding hydrogens is 377 g/mol. The number of aromatic nitrogens is 1. The first-order valence-corrected chi connectivity index (χ1v) is 8.67. The maximum absolute atomic E-state index is 9.45. The molecule has 3 nitrogen and oxygen atoms in total. The number of benzene rings is 2. The second-order valence-corrected chi connectivity index (χ2v) is 6.95. The molecule has 0 unspecified atom stereocenters. The van der Waals surface area contributed by atoms with Crippen molar-refractivity contribution in [2.24, 2.45) is 0 Å². The maximum Gasteiger partial charge on any atom is 0.122 e. The van der Waals surface area contributed by atoms with E-state index in [0.717, 1.165) is 16.8 Å². The first kappa shape index (κ1) is 17.7. The van der Waals surface area contributed by atoms with Crippen LogP contribution >= 0.6 is 34.8 Å². The van der Waals surface area contributed by atoms with Crippen molar-refractivity contribution in [2.45, 2.75) is 13.0 Å². The fourth-order valence-corrected chi connectivity index (χ4v) is 3.29. The molecule has 1 aromatic heterocycles. The molecule has 2 aromatic carbocycles. The normalized spacial score (nSPS) is 10.6. The van der Waals surface area contributed by atoms with Crippen LogP contribution in [0.15, 0.2) is 48.5 Å². The van der Waals surface area contributed by atoms with E-state index in [1.54, 1.807) is 18.2 Å². The van der Waals surface area contributed by atoms with Crippen molar-refractivity contribution < 1.29 is 0 Å². The summed E-state index contributed by atoms with van der Waals surface area (Å²) in [4.78, 5) is 0. The molecule has 0 aliphatic rings. The van der Waals surface area contributed by atoms with Gasteiger partial charge in [-0.1, -0.05) is 53.0 Å². The Labute approximate surface area is 161 Å². The maximum atomic E-state index is 9.45. The Hall–Kier alpha value is -2.12. The Morgan fingerprint density at radius 1 is 0.960 bits per heavy atom. The van der Waals surface area contributed by atoms with E-state index in [-0.39, 0.29) is 0 Å². The molecule has 0 spiro atoms. The standard InChI is InChI=1S/C19H14Cl3N3/c20-14-4-1-12(2-5-14)7-19-18(24)9-16(10-23)25(19)11-13-3-6-15(21)8-17(13)22/h1-6,8-9H,7,11,24H2. The van der Waals surface area contributed by atoms with Gasteiger partial charge in [0.15, 0.2) is 0 Å². The Morgan fingerprint density at radius 2 is 1.64 bits per heavy atom. The van der Waals surface area contributed by atoms with E-state index in [4.69, 9.17) is 40.5 Å². The molecule has 0 fully saturated rings. The summed E-state index contributed by atoms with van der Waals surface area (Å²) in [5, 5.41) is 11.3. The Balaban J connectivity index is 2.00. The highest BCUT2D eigenvalue weighted by atomic mass is 35.5. The molecule has 2 N–H and O–H groups in total. The molecule has 0 amide bonds. The largest absolute Gasteiger partial charge is 0.397 e. The molecule has 0 bridgehead atoms. The summed E-state index contributed by atoms with van der Waals surface area (Å²) in [6.45, 7) is 0.443. The van der Waals surface area contributed by atoms with E-state index in [2.05, 4.69) is 6.07 Å². The molecule has 0 aliphatic heterocycles. The molecule has 0 atom stereocenters. The van der Waals surface area contributed by atoms with Crippen LogP contribution in [0.25, 0.3) is 0 Å². The van der Waals surface area contributed by atoms with Crippen LogP contribution in [0.2, 0.25) is 15.1 Å². The average Bonchev–Trinajstić information content (AvgIpc) is 2.88. The van der Waals surface area contributed by atoms with Gasteiger partial charge in [-0.2, -0.15) is 5.26 Å². The molecule has 0 radical (unpaired) electrons. The van der Waals surface area contributed by atoms with Gasteiger partial charge in [-0.3, -0.25) is 0 Å². The third-order valence-electron chi connectivity index (χ3n) is 3.99. The summed E-state index contributed by atoms with van der Waals surface area (Å²) in [7, 11) is 0. The SMILES string of the molecule is N#Cc1cc(N)c(Cc2ccc(Cl)cc2)n1Cc1ccc(Cl)cc1Cl. The monoisotopic (exact) mass is 389 g/mol. The Bertz CT molecular complexity index is 953. The Morgan fingerprint density at radius 3 is 2.28 bits per heavy atom. The van der Waals surface area contributed by atoms with Crippen LogP contribution in [-0.4, -0.2) is 4.57 Å². The van der Waals surface area contributed by atoms with Crippen LogP contribution < -0.4 is 5.73 Å². The van der Waals surface area contributed by atoms with Crippen LogP contribution in [0.4, 0.5) is 5.69 Å². The first-order chi connectivity index (χ1) is 12.0. The molecule has 3 aromatic rings. The highest BCUT2D eigenvalue weighted by molar-refractivity contribution is 6.35. The van der Waals surface area contributed by atoms with Gasteiger partial charge in [-0.05, 0) is 41.5 Å². The lowest BCUT2D eigenvalue weighted by Gasteiger charge is -2.13. The van der Waals surface area contributed by atoms with Crippen LogP contribution in [-0.2, 0) is 13.0 Å². The number of nitrogens with zero attached hydrogens (tertiary/aromatic N) is 2. The molecule has 3 rings (SSSR count). The van der Waals surface area contributed by atoms with Crippen molar-refractivity contribution in [1.82, 2.24) is 4.57 Å². The van der Waals surface area contributed by atoms with Crippen LogP contribution in [0, 0.1) is 11.3 Å². The van der Waals surface area contributed by atoms with Crippen molar-refractivity contribution in [3.63, 3.8) is 0 Å². The number of halogens is 3. The third kappa shape index (κ3) is 3.93. The lowest BCUT2D eigenvalue weighted by Crippen LogP contribution is -2.09. The van der Waals surface area contributed by atoms with E-state index < -0.39 is 0 Å². The van der Waals surface area contributed by atoms with Gasteiger partial charge in [0, 0.05) is 27.2 Å². The first-order valence-electron chi connectivity index (χ1n) is 7.54. The zero-order chi connectivity index (χ0) is 18.0. The van der Waals surface area contributed by atoms with Gasteiger partial charge in [0.25, 0.3) is 0 Å². The Kier molecular flexibility index (Phi) is 5.24. The third-order valence-corrected chi connectivity index (χ3v) is 4.82. The topological polar surface area (TPSA) is 54.7 Å². The van der Waals surface area contributed by atoms with Crippen molar-refractivity contribution in [3.8, 4) is 6.07 Å². The second-order valence-electron chi connectivity index (χ2n) is 5.67. The summed E-state index contributed by atoms with van der Waals surface area (Å²) >= 11 is 18.2. The van der Waals surface area contributed by atoms with E-state index in [0.29, 0.717) is 39.4 Å². The van der Waals surface area contributed by atoms with E-state index >= 15 is 0 Å². The predicted molar refractivity (Wildman–Crippen MR) is 103 cm³/mol. The lowest BCUT2D eigenvalue weighted by atomic mass is 10.1. The lowest BCUT2D eigenvalue weighted by molar-refractivity contribution is 0.749. The van der Waals surface area contributed by atoms with Gasteiger partial charge in [0.2, 0.25) is 0 Å². The van der Waals surface area contributed by atoms with Crippen molar-refractivity contribution in [2.75, 3.05) is 5.73 Å². The number of nitrogens with two attached hydrogens (primary N) is 1. The summed E-state index contributed by atoms with van der Waals surface area (Å²) in [6.07, 6.45) is 0.593. The van der Waals surface area contributed by atoms with Crippen molar-refractivity contribution in [3.05, 3.63) is 86.1 Å². The number of rotatable bonds is 4. The number of hydrogen-bond acceptors (Lipinski definition) is 2. The zero-order valence-electron chi connectivity index (χ0n) is 13.1. The molecule has 126 valence electrons. The molecule has 25 heavy (non-hydrogen) atoms. The quantitative estimate of drug-likeness (QED) is 0.635. The summed E-state index contributed by atoms with van der Waals surface area (Å²) in [5.41, 5.74) is 10.0. The smallest absolute Gasteiger partial charge is 0.122 e. The average molecular weight is 391 g/mol. The minimum absolute atomic E-state index is 0.443. The highest BCUT2D eigenvalue weighted by Gasteiger charge is 2.15. The second kappa shape index (κ2) is 7.41. The summed E-state index contributed by atoms with van der Waals surface area (Å²) < 4.78 is 1.89. The van der Waals surface area contributed by atoms with Crippen LogP contribution in [0.1, 0.15) is 22.5 Å². The van der Waals surface area contributed by atoms with Crippen molar-refractivity contribution in [1.29, 1.82) is 5.26 Å². The number of anilines is 1. The highest BCUT2D eigenvalue weighted by Crippen LogP contribution is 2.27. The van der Waals surface area contributed by atoms with Gasteiger partial charge < -0.3 is 10.3 Å². The van der Waals surface area contributed by atoms with Gasteiger partial charge in [-0.25, -0.2) is 0 Å². The zero-order valence-corrected chi connectivity index (χ0v) is 15.4. The van der Waals surface area contributed by atoms with Gasteiger partial charge in [-0.15, -0.1) is 0 Å². The fraction of sp³-hybridized carbons (Fsp3) is 0.105. The van der Waals surface area contributed by atoms with E-state index in [9.17, 15) is 5.26 Å². The molecule has 0 saturated heterocycles. The number of nitriles is 1. The fourth-order valence-electron chi connectivity index (χ4n) is 2.70. The molecule has 6 heteroatoms. The van der Waals surface area contributed by atoms with E-state index in [1.165, 1.54) is 0 Å². The van der Waals surface area contributed by atoms with Gasteiger partial charge in [0.1, 0.15) is 11.8 Å². The van der Waals surface area contributed by atoms with E-state index in [1.807, 2.05) is 34.9 Å². The summed E-state index contributed by atoms with van der Waals surface area (Å²) in [5.74, 6) is 0. The number of nitrogen functional groups attached to an aromatic ring is 1. The minimum atomic E-state index is 0.443. The van der Waals surface area contributed by atoms with Crippen LogP contribution in [0.3, 0.4) is 0 Å². The molecule has 0 saturated carbocycles.